The van der Waals surface area contributed by atoms with E-state index in [1.165, 1.54) is 12.1 Å². The highest BCUT2D eigenvalue weighted by Crippen LogP contribution is 2.41. The molecule has 0 radical (unpaired) electrons. The molecule has 144 valence electrons. The molecule has 0 aliphatic carbocycles. The Morgan fingerprint density at radius 2 is 1.77 bits per heavy atom. The Hall–Kier alpha value is -3.97. The lowest BCUT2D eigenvalue weighted by Crippen LogP contribution is -2.30. The molecular weight excluding hydrogens is 375 g/mol. The predicted molar refractivity (Wildman–Crippen MR) is 117 cm³/mol. The van der Waals surface area contributed by atoms with Crippen LogP contribution >= 0.6 is 0 Å². The topological polar surface area (TPSA) is 21.4 Å². The van der Waals surface area contributed by atoms with Gasteiger partial charge in [-0.05, 0) is 35.7 Å². The van der Waals surface area contributed by atoms with Gasteiger partial charge >= 0.3 is 0 Å². The third-order valence-corrected chi connectivity index (χ3v) is 5.54. The number of furan rings is 1. The maximum atomic E-state index is 14.0. The molecule has 0 amide bonds. The molecule has 0 bridgehead atoms. The summed E-state index contributed by atoms with van der Waals surface area (Å²) in [6.07, 6.45) is 1.70. The number of aryl methyl sites for hydroxylation is 2. The second-order valence-electron chi connectivity index (χ2n) is 7.42. The fourth-order valence-corrected chi connectivity index (χ4v) is 4.02. The SMILES string of the molecule is [C-]#[N+]c1cc2c(cc1-c1ccccc1)oc1c(-c3cc(F)cc[n+]3C)c(C)ccc12. The first-order valence-corrected chi connectivity index (χ1v) is 9.65. The molecule has 0 aliphatic rings. The molecule has 2 heterocycles. The molecule has 3 aromatic carbocycles. The maximum absolute atomic E-state index is 14.0. The summed E-state index contributed by atoms with van der Waals surface area (Å²) in [6, 6.07) is 20.6. The van der Waals surface area contributed by atoms with E-state index in [-0.39, 0.29) is 5.82 Å². The van der Waals surface area contributed by atoms with E-state index >= 15 is 0 Å². The second kappa shape index (κ2) is 6.82. The van der Waals surface area contributed by atoms with E-state index in [9.17, 15) is 4.39 Å². The van der Waals surface area contributed by atoms with Gasteiger partial charge in [0.25, 0.3) is 0 Å². The summed E-state index contributed by atoms with van der Waals surface area (Å²) in [7, 11) is 1.89. The molecule has 30 heavy (non-hydrogen) atoms. The van der Waals surface area contributed by atoms with Crippen molar-refractivity contribution in [2.24, 2.45) is 7.05 Å². The summed E-state index contributed by atoms with van der Waals surface area (Å²) in [6.45, 7) is 9.68. The Labute approximate surface area is 173 Å². The Balaban J connectivity index is 1.86. The molecule has 0 N–H and O–H groups in total. The van der Waals surface area contributed by atoms with Crippen molar-refractivity contribution in [2.75, 3.05) is 0 Å². The molecule has 3 nitrogen and oxygen atoms in total. The Morgan fingerprint density at radius 3 is 2.53 bits per heavy atom. The van der Waals surface area contributed by atoms with Crippen LogP contribution in [0.1, 0.15) is 5.56 Å². The van der Waals surface area contributed by atoms with Crippen LogP contribution in [0.2, 0.25) is 0 Å². The minimum atomic E-state index is -0.294. The van der Waals surface area contributed by atoms with Gasteiger partial charge in [-0.15, -0.1) is 0 Å². The molecular formula is C26H18FN2O+. The summed E-state index contributed by atoms with van der Waals surface area (Å²) in [5.74, 6) is -0.294. The van der Waals surface area contributed by atoms with Crippen molar-refractivity contribution in [1.29, 1.82) is 0 Å². The van der Waals surface area contributed by atoms with Gasteiger partial charge in [0.05, 0.1) is 12.1 Å². The van der Waals surface area contributed by atoms with Gasteiger partial charge in [0.15, 0.2) is 11.9 Å². The molecule has 0 unspecified atom stereocenters. The van der Waals surface area contributed by atoms with Gasteiger partial charge in [0.1, 0.15) is 24.0 Å². The van der Waals surface area contributed by atoms with E-state index in [1.807, 2.05) is 73.1 Å². The fourth-order valence-electron chi connectivity index (χ4n) is 4.02. The zero-order valence-electron chi connectivity index (χ0n) is 16.6. The van der Waals surface area contributed by atoms with E-state index in [1.54, 1.807) is 6.20 Å². The molecule has 5 rings (SSSR count). The smallest absolute Gasteiger partial charge is 0.219 e. The maximum Gasteiger partial charge on any atom is 0.219 e. The number of benzene rings is 3. The molecule has 0 aliphatic heterocycles. The average molecular weight is 393 g/mol. The van der Waals surface area contributed by atoms with Crippen LogP contribution in [0, 0.1) is 19.3 Å². The summed E-state index contributed by atoms with van der Waals surface area (Å²) in [4.78, 5) is 3.76. The van der Waals surface area contributed by atoms with Crippen LogP contribution in [0.15, 0.2) is 77.3 Å². The molecule has 5 aromatic rings. The van der Waals surface area contributed by atoms with Crippen molar-refractivity contribution in [3.05, 3.63) is 95.7 Å². The second-order valence-corrected chi connectivity index (χ2v) is 7.42. The molecule has 0 saturated heterocycles. The van der Waals surface area contributed by atoms with Gasteiger partial charge < -0.3 is 4.42 Å². The van der Waals surface area contributed by atoms with Crippen molar-refractivity contribution < 1.29 is 13.4 Å². The van der Waals surface area contributed by atoms with Crippen molar-refractivity contribution in [2.45, 2.75) is 6.92 Å². The minimum absolute atomic E-state index is 0.294. The van der Waals surface area contributed by atoms with Crippen molar-refractivity contribution >= 4 is 27.6 Å². The van der Waals surface area contributed by atoms with Gasteiger partial charge in [-0.2, -0.15) is 0 Å². The highest BCUT2D eigenvalue weighted by Gasteiger charge is 2.22. The largest absolute Gasteiger partial charge is 0.455 e. The van der Waals surface area contributed by atoms with E-state index in [0.29, 0.717) is 16.9 Å². The van der Waals surface area contributed by atoms with Crippen LogP contribution in [-0.2, 0) is 7.05 Å². The number of pyridine rings is 1. The van der Waals surface area contributed by atoms with E-state index < -0.39 is 0 Å². The fraction of sp³-hybridized carbons (Fsp3) is 0.0769. The highest BCUT2D eigenvalue weighted by molar-refractivity contribution is 6.12. The number of hydrogen-bond donors (Lipinski definition) is 0. The van der Waals surface area contributed by atoms with Crippen molar-refractivity contribution in [1.82, 2.24) is 0 Å². The lowest BCUT2D eigenvalue weighted by Gasteiger charge is -2.05. The van der Waals surface area contributed by atoms with Crippen LogP contribution in [0.4, 0.5) is 10.1 Å². The first-order chi connectivity index (χ1) is 14.6. The summed E-state index contributed by atoms with van der Waals surface area (Å²) in [5.41, 5.74) is 6.40. The Kier molecular flexibility index (Phi) is 4.11. The quantitative estimate of drug-likeness (QED) is 0.240. The first kappa shape index (κ1) is 18.1. The van der Waals surface area contributed by atoms with Crippen LogP contribution in [-0.4, -0.2) is 0 Å². The molecule has 0 atom stereocenters. The summed E-state index contributed by atoms with van der Waals surface area (Å²) >= 11 is 0. The van der Waals surface area contributed by atoms with Crippen molar-refractivity contribution in [3.8, 4) is 22.4 Å². The third kappa shape index (κ3) is 2.75. The molecule has 0 fully saturated rings. The number of nitrogens with zero attached hydrogens (tertiary/aromatic N) is 2. The van der Waals surface area contributed by atoms with Gasteiger partial charge in [0, 0.05) is 22.9 Å². The lowest BCUT2D eigenvalue weighted by molar-refractivity contribution is -0.660. The van der Waals surface area contributed by atoms with Gasteiger partial charge in [-0.25, -0.2) is 13.8 Å². The molecule has 2 aromatic heterocycles. The summed E-state index contributed by atoms with van der Waals surface area (Å²) < 4.78 is 22.3. The normalized spacial score (nSPS) is 11.1. The third-order valence-electron chi connectivity index (χ3n) is 5.54. The van der Waals surface area contributed by atoms with Crippen LogP contribution in [0.5, 0.6) is 0 Å². The van der Waals surface area contributed by atoms with Crippen LogP contribution in [0.3, 0.4) is 0 Å². The van der Waals surface area contributed by atoms with Gasteiger partial charge in [-0.3, -0.25) is 0 Å². The van der Waals surface area contributed by atoms with Crippen LogP contribution in [0.25, 0.3) is 49.2 Å². The number of fused-ring (bicyclic) bond motifs is 3. The van der Waals surface area contributed by atoms with Crippen LogP contribution < -0.4 is 4.57 Å². The zero-order valence-corrected chi connectivity index (χ0v) is 16.6. The van der Waals surface area contributed by atoms with Gasteiger partial charge in [-0.1, -0.05) is 42.5 Å². The van der Waals surface area contributed by atoms with Crippen molar-refractivity contribution in [3.63, 3.8) is 0 Å². The first-order valence-electron chi connectivity index (χ1n) is 9.65. The Bertz CT molecular complexity index is 1480. The number of rotatable bonds is 2. The van der Waals surface area contributed by atoms with Gasteiger partial charge in [0.2, 0.25) is 5.69 Å². The lowest BCUT2D eigenvalue weighted by atomic mass is 9.98. The standard InChI is InChI=1S/C26H18FN2O/c1-16-9-10-19-21-14-22(28-2)20(17-7-5-4-6-8-17)15-24(21)30-26(19)25(16)23-13-18(27)11-12-29(23)3/h4-15H,1,3H3/q+1. The number of halogens is 1. The Morgan fingerprint density at radius 1 is 0.967 bits per heavy atom. The summed E-state index contributed by atoms with van der Waals surface area (Å²) in [5, 5.41) is 1.80. The predicted octanol–water partition coefficient (Wildman–Crippen LogP) is 6.74. The minimum Gasteiger partial charge on any atom is -0.455 e. The molecule has 0 saturated carbocycles. The average Bonchev–Trinajstić information content (AvgIpc) is 3.12. The number of aromatic nitrogens is 1. The number of hydrogen-bond acceptors (Lipinski definition) is 1. The van der Waals surface area contributed by atoms with E-state index in [0.717, 1.165) is 38.7 Å². The molecule has 4 heteroatoms. The van der Waals surface area contributed by atoms with E-state index in [4.69, 9.17) is 11.0 Å². The zero-order chi connectivity index (χ0) is 20.8. The highest BCUT2D eigenvalue weighted by atomic mass is 19.1. The van der Waals surface area contributed by atoms with E-state index in [2.05, 4.69) is 4.85 Å². The molecule has 0 spiro atoms. The monoisotopic (exact) mass is 393 g/mol.